The first kappa shape index (κ1) is 16.5. The first-order valence-electron chi connectivity index (χ1n) is 6.43. The van der Waals surface area contributed by atoms with Gasteiger partial charge < -0.3 is 10.1 Å². The minimum atomic E-state index is -4.01. The quantitative estimate of drug-likeness (QED) is 0.845. The van der Waals surface area contributed by atoms with E-state index in [1.165, 1.54) is 12.1 Å². The molecule has 1 aromatic rings. The summed E-state index contributed by atoms with van der Waals surface area (Å²) in [7, 11) is 1.32. The van der Waals surface area contributed by atoms with Gasteiger partial charge in [-0.1, -0.05) is 11.6 Å². The normalized spacial score (nSPS) is 18.7. The molecule has 2 rings (SSSR count). The van der Waals surface area contributed by atoms with Crippen molar-refractivity contribution in [3.8, 4) is 0 Å². The van der Waals surface area contributed by atoms with E-state index in [-0.39, 0.29) is 27.5 Å². The van der Waals surface area contributed by atoms with Crippen molar-refractivity contribution in [1.29, 1.82) is 0 Å². The molecule has 1 amide bonds. The van der Waals surface area contributed by atoms with E-state index >= 15 is 0 Å². The van der Waals surface area contributed by atoms with Gasteiger partial charge in [-0.05, 0) is 37.5 Å². The Morgan fingerprint density at radius 3 is 2.76 bits per heavy atom. The molecular weight excluding hydrogens is 337 g/mol. The Morgan fingerprint density at radius 2 is 2.19 bits per heavy atom. The number of amides is 1. The van der Waals surface area contributed by atoms with Crippen molar-refractivity contribution in [2.45, 2.75) is 30.8 Å². The number of carbonyl (C=O) groups is 1. The Balaban J connectivity index is 2.19. The van der Waals surface area contributed by atoms with Gasteiger partial charge >= 0.3 is 0 Å². The number of nitrogens with one attached hydrogen (secondary N) is 1. The number of hydrogen-bond acceptors (Lipinski definition) is 4. The van der Waals surface area contributed by atoms with Gasteiger partial charge in [0.1, 0.15) is 4.90 Å². The highest BCUT2D eigenvalue weighted by atomic mass is 35.7. The second-order valence-corrected chi connectivity index (χ2v) is 7.80. The SMILES string of the molecule is Cc1cc(C(=O)NCC2CCCO2)cc(S(=O)(=O)Cl)c1Cl. The van der Waals surface area contributed by atoms with Gasteiger partial charge in [-0.3, -0.25) is 4.79 Å². The second kappa shape index (κ2) is 6.52. The predicted octanol–water partition coefficient (Wildman–Crippen LogP) is 2.48. The van der Waals surface area contributed by atoms with Gasteiger partial charge in [0.2, 0.25) is 0 Å². The van der Waals surface area contributed by atoms with Crippen LogP contribution in [-0.2, 0) is 13.8 Å². The summed E-state index contributed by atoms with van der Waals surface area (Å²) < 4.78 is 28.4. The van der Waals surface area contributed by atoms with Crippen LogP contribution in [0.5, 0.6) is 0 Å². The van der Waals surface area contributed by atoms with Crippen LogP contribution in [0.4, 0.5) is 0 Å². The Bertz CT molecular complexity index is 654. The smallest absolute Gasteiger partial charge is 0.262 e. The highest BCUT2D eigenvalue weighted by molar-refractivity contribution is 8.13. The number of hydrogen-bond donors (Lipinski definition) is 1. The van der Waals surface area contributed by atoms with Crippen molar-refractivity contribution in [2.24, 2.45) is 0 Å². The molecule has 0 spiro atoms. The zero-order chi connectivity index (χ0) is 15.6. The van der Waals surface area contributed by atoms with Crippen molar-refractivity contribution >= 4 is 37.2 Å². The van der Waals surface area contributed by atoms with Crippen molar-refractivity contribution in [1.82, 2.24) is 5.32 Å². The fourth-order valence-corrected chi connectivity index (χ4v) is 3.70. The second-order valence-electron chi connectivity index (χ2n) is 4.89. The Morgan fingerprint density at radius 1 is 1.48 bits per heavy atom. The van der Waals surface area contributed by atoms with Crippen molar-refractivity contribution in [3.05, 3.63) is 28.3 Å². The van der Waals surface area contributed by atoms with Crippen LogP contribution >= 0.6 is 22.3 Å². The number of carbonyl (C=O) groups excluding carboxylic acids is 1. The largest absolute Gasteiger partial charge is 0.376 e. The van der Waals surface area contributed by atoms with E-state index in [4.69, 9.17) is 27.0 Å². The Kier molecular flexibility index (Phi) is 5.14. The van der Waals surface area contributed by atoms with Crippen LogP contribution in [0.25, 0.3) is 0 Å². The van der Waals surface area contributed by atoms with E-state index < -0.39 is 9.05 Å². The summed E-state index contributed by atoms with van der Waals surface area (Å²) in [4.78, 5) is 11.8. The van der Waals surface area contributed by atoms with Gasteiger partial charge in [0.25, 0.3) is 15.0 Å². The van der Waals surface area contributed by atoms with E-state index in [1.807, 2.05) is 0 Å². The third kappa shape index (κ3) is 4.10. The number of aryl methyl sites for hydroxylation is 1. The van der Waals surface area contributed by atoms with Gasteiger partial charge in [0.15, 0.2) is 0 Å². The van der Waals surface area contributed by atoms with Crippen molar-refractivity contribution in [2.75, 3.05) is 13.2 Å². The average Bonchev–Trinajstić information content (AvgIpc) is 2.90. The molecular formula is C13H15Cl2NO4S. The average molecular weight is 352 g/mol. The molecule has 1 atom stereocenters. The van der Waals surface area contributed by atoms with E-state index in [9.17, 15) is 13.2 Å². The summed E-state index contributed by atoms with van der Waals surface area (Å²) in [5.41, 5.74) is 0.676. The molecule has 1 fully saturated rings. The topological polar surface area (TPSA) is 72.5 Å². The molecule has 8 heteroatoms. The van der Waals surface area contributed by atoms with Crippen LogP contribution in [0.2, 0.25) is 5.02 Å². The van der Waals surface area contributed by atoms with Gasteiger partial charge in [-0.2, -0.15) is 0 Å². The molecule has 0 saturated carbocycles. The lowest BCUT2D eigenvalue weighted by Crippen LogP contribution is -2.31. The van der Waals surface area contributed by atoms with E-state index in [0.29, 0.717) is 18.7 Å². The lowest BCUT2D eigenvalue weighted by atomic mass is 10.1. The molecule has 116 valence electrons. The lowest BCUT2D eigenvalue weighted by molar-refractivity contribution is 0.0857. The molecule has 0 bridgehead atoms. The molecule has 1 heterocycles. The van der Waals surface area contributed by atoms with Crippen molar-refractivity contribution < 1.29 is 17.9 Å². The summed E-state index contributed by atoms with van der Waals surface area (Å²) in [6, 6.07) is 2.71. The fraction of sp³-hybridized carbons (Fsp3) is 0.462. The first-order valence-corrected chi connectivity index (χ1v) is 9.12. The van der Waals surface area contributed by atoms with Gasteiger partial charge in [0, 0.05) is 29.4 Å². The van der Waals surface area contributed by atoms with Crippen LogP contribution in [0, 0.1) is 6.92 Å². The lowest BCUT2D eigenvalue weighted by Gasteiger charge is -2.12. The first-order chi connectivity index (χ1) is 9.79. The summed E-state index contributed by atoms with van der Waals surface area (Å²) in [5.74, 6) is -0.383. The molecule has 1 aliphatic rings. The molecule has 1 unspecified atom stereocenters. The van der Waals surface area contributed by atoms with Gasteiger partial charge in [0.05, 0.1) is 11.1 Å². The highest BCUT2D eigenvalue weighted by Crippen LogP contribution is 2.29. The third-order valence-electron chi connectivity index (χ3n) is 3.26. The summed E-state index contributed by atoms with van der Waals surface area (Å²) >= 11 is 5.92. The number of halogens is 2. The molecule has 1 aliphatic heterocycles. The van der Waals surface area contributed by atoms with Crippen LogP contribution in [0.15, 0.2) is 17.0 Å². The van der Waals surface area contributed by atoms with E-state index in [0.717, 1.165) is 12.8 Å². The zero-order valence-corrected chi connectivity index (χ0v) is 13.7. The molecule has 1 saturated heterocycles. The predicted molar refractivity (Wildman–Crippen MR) is 80.5 cm³/mol. The summed E-state index contributed by atoms with van der Waals surface area (Å²) in [5, 5.41) is 2.75. The van der Waals surface area contributed by atoms with Crippen LogP contribution < -0.4 is 5.32 Å². The van der Waals surface area contributed by atoms with Crippen LogP contribution in [-0.4, -0.2) is 33.6 Å². The summed E-state index contributed by atoms with van der Waals surface area (Å²) in [6.45, 7) is 2.71. The zero-order valence-electron chi connectivity index (χ0n) is 11.4. The standard InChI is InChI=1S/C13H15Cl2NO4S/c1-8-5-9(6-11(12(8)14)21(15,18)19)13(17)16-7-10-3-2-4-20-10/h5-6,10H,2-4,7H2,1H3,(H,16,17). The molecule has 1 aromatic carbocycles. The minimum Gasteiger partial charge on any atom is -0.376 e. The van der Waals surface area contributed by atoms with Crippen molar-refractivity contribution in [3.63, 3.8) is 0 Å². The Labute approximate surface area is 133 Å². The maximum Gasteiger partial charge on any atom is 0.262 e. The highest BCUT2D eigenvalue weighted by Gasteiger charge is 2.21. The van der Waals surface area contributed by atoms with E-state index in [2.05, 4.69) is 5.32 Å². The number of benzene rings is 1. The molecule has 1 N–H and O–H groups in total. The molecule has 5 nitrogen and oxygen atoms in total. The van der Waals surface area contributed by atoms with Gasteiger partial charge in [-0.15, -0.1) is 0 Å². The maximum atomic E-state index is 12.1. The molecule has 0 aromatic heterocycles. The molecule has 0 radical (unpaired) electrons. The monoisotopic (exact) mass is 351 g/mol. The molecule has 21 heavy (non-hydrogen) atoms. The van der Waals surface area contributed by atoms with Crippen LogP contribution in [0.3, 0.4) is 0 Å². The van der Waals surface area contributed by atoms with Crippen LogP contribution in [0.1, 0.15) is 28.8 Å². The Hall–Kier alpha value is -0.820. The fourth-order valence-electron chi connectivity index (χ4n) is 2.16. The minimum absolute atomic E-state index is 0.0126. The number of rotatable bonds is 4. The van der Waals surface area contributed by atoms with E-state index in [1.54, 1.807) is 6.92 Å². The third-order valence-corrected chi connectivity index (χ3v) is 5.22. The maximum absolute atomic E-state index is 12.1. The number of ether oxygens (including phenoxy) is 1. The van der Waals surface area contributed by atoms with Gasteiger partial charge in [-0.25, -0.2) is 8.42 Å². The molecule has 0 aliphatic carbocycles. The summed E-state index contributed by atoms with van der Waals surface area (Å²) in [6.07, 6.45) is 1.90.